The van der Waals surface area contributed by atoms with Gasteiger partial charge < -0.3 is 9.47 Å². The van der Waals surface area contributed by atoms with Gasteiger partial charge in [-0.2, -0.15) is 5.26 Å². The molecule has 0 bridgehead atoms. The van der Waals surface area contributed by atoms with Gasteiger partial charge >= 0.3 is 0 Å². The normalized spacial score (nSPS) is 20.1. The fourth-order valence-electron chi connectivity index (χ4n) is 1.21. The lowest BCUT2D eigenvalue weighted by Crippen LogP contribution is -2.39. The number of nitriles is 1. The number of thiazole rings is 1. The quantitative estimate of drug-likeness (QED) is 0.806. The molecule has 1 aliphatic rings. The Morgan fingerprint density at radius 2 is 2.56 bits per heavy atom. The van der Waals surface area contributed by atoms with E-state index in [9.17, 15) is 4.79 Å². The summed E-state index contributed by atoms with van der Waals surface area (Å²) in [6.45, 7) is 1.18. The molecular weight excluding hydrogens is 230 g/mol. The fraction of sp³-hybridized carbons (Fsp3) is 0.444. The average molecular weight is 239 g/mol. The molecule has 1 fully saturated rings. The minimum Gasteiger partial charge on any atom is -0.376 e. The lowest BCUT2D eigenvalue weighted by atomic mass is 10.3. The van der Waals surface area contributed by atoms with Gasteiger partial charge in [0.25, 0.3) is 5.91 Å². The second kappa shape index (κ2) is 5.03. The van der Waals surface area contributed by atoms with Gasteiger partial charge in [0.1, 0.15) is 10.9 Å². The Morgan fingerprint density at radius 3 is 3.19 bits per heavy atom. The second-order valence-electron chi connectivity index (χ2n) is 3.07. The van der Waals surface area contributed by atoms with Crippen molar-refractivity contribution < 1.29 is 14.3 Å². The van der Waals surface area contributed by atoms with Gasteiger partial charge in [-0.25, -0.2) is 4.98 Å². The SMILES string of the molecule is N#Cc1cnc(NC(=O)C2COCCO2)s1. The zero-order chi connectivity index (χ0) is 11.4. The van der Waals surface area contributed by atoms with Gasteiger partial charge in [0, 0.05) is 0 Å². The zero-order valence-corrected chi connectivity index (χ0v) is 9.12. The van der Waals surface area contributed by atoms with E-state index in [-0.39, 0.29) is 12.5 Å². The summed E-state index contributed by atoms with van der Waals surface area (Å²) < 4.78 is 10.3. The number of carbonyl (C=O) groups excluding carboxylic acids is 1. The number of ether oxygens (including phenoxy) is 2. The van der Waals surface area contributed by atoms with E-state index in [4.69, 9.17) is 14.7 Å². The van der Waals surface area contributed by atoms with Crippen LogP contribution < -0.4 is 5.32 Å². The summed E-state index contributed by atoms with van der Waals surface area (Å²) >= 11 is 1.12. The van der Waals surface area contributed by atoms with Crippen molar-refractivity contribution in [2.24, 2.45) is 0 Å². The third kappa shape index (κ3) is 2.55. The predicted molar refractivity (Wildman–Crippen MR) is 56.0 cm³/mol. The number of amides is 1. The number of hydrogen-bond acceptors (Lipinski definition) is 6. The lowest BCUT2D eigenvalue weighted by molar-refractivity contribution is -0.142. The van der Waals surface area contributed by atoms with Crippen LogP contribution in [0.15, 0.2) is 6.20 Å². The molecule has 1 amide bonds. The largest absolute Gasteiger partial charge is 0.376 e. The molecule has 2 heterocycles. The number of carbonyl (C=O) groups is 1. The molecule has 1 atom stereocenters. The number of rotatable bonds is 2. The molecule has 2 rings (SSSR count). The molecule has 0 spiro atoms. The van der Waals surface area contributed by atoms with Crippen LogP contribution in [-0.4, -0.2) is 36.8 Å². The third-order valence-electron chi connectivity index (χ3n) is 1.95. The molecule has 1 unspecified atom stereocenters. The van der Waals surface area contributed by atoms with Gasteiger partial charge in [-0.15, -0.1) is 0 Å². The molecule has 0 radical (unpaired) electrons. The highest BCUT2D eigenvalue weighted by atomic mass is 32.1. The van der Waals surface area contributed by atoms with Crippen molar-refractivity contribution in [1.29, 1.82) is 5.26 Å². The van der Waals surface area contributed by atoms with Crippen LogP contribution in [0.5, 0.6) is 0 Å². The van der Waals surface area contributed by atoms with Crippen molar-refractivity contribution in [3.05, 3.63) is 11.1 Å². The summed E-state index contributed by atoms with van der Waals surface area (Å²) in [5.41, 5.74) is 0. The van der Waals surface area contributed by atoms with E-state index in [1.54, 1.807) is 0 Å². The Morgan fingerprint density at radius 1 is 1.69 bits per heavy atom. The molecule has 0 aromatic carbocycles. The monoisotopic (exact) mass is 239 g/mol. The van der Waals surface area contributed by atoms with E-state index in [0.29, 0.717) is 23.2 Å². The van der Waals surface area contributed by atoms with Crippen LogP contribution in [0.4, 0.5) is 5.13 Å². The Labute approximate surface area is 95.8 Å². The van der Waals surface area contributed by atoms with Gasteiger partial charge in [-0.3, -0.25) is 10.1 Å². The molecule has 1 aliphatic heterocycles. The lowest BCUT2D eigenvalue weighted by Gasteiger charge is -2.21. The highest BCUT2D eigenvalue weighted by Gasteiger charge is 2.23. The van der Waals surface area contributed by atoms with E-state index >= 15 is 0 Å². The van der Waals surface area contributed by atoms with Crippen molar-refractivity contribution in [3.63, 3.8) is 0 Å². The zero-order valence-electron chi connectivity index (χ0n) is 8.30. The van der Waals surface area contributed by atoms with Gasteiger partial charge in [-0.05, 0) is 0 Å². The number of aromatic nitrogens is 1. The van der Waals surface area contributed by atoms with E-state index in [2.05, 4.69) is 10.3 Å². The Balaban J connectivity index is 1.93. The maximum atomic E-state index is 11.6. The summed E-state index contributed by atoms with van der Waals surface area (Å²) in [4.78, 5) is 16.0. The van der Waals surface area contributed by atoms with Crippen LogP contribution in [-0.2, 0) is 14.3 Å². The molecule has 0 saturated carbocycles. The maximum Gasteiger partial charge on any atom is 0.257 e. The van der Waals surface area contributed by atoms with Gasteiger partial charge in [0.05, 0.1) is 26.0 Å². The van der Waals surface area contributed by atoms with Crippen LogP contribution in [0.2, 0.25) is 0 Å². The minimum atomic E-state index is -0.594. The highest BCUT2D eigenvalue weighted by molar-refractivity contribution is 7.16. The van der Waals surface area contributed by atoms with Crippen LogP contribution in [0.1, 0.15) is 4.88 Å². The summed E-state index contributed by atoms with van der Waals surface area (Å²) in [6, 6.07) is 1.95. The first-order valence-corrected chi connectivity index (χ1v) is 5.47. The van der Waals surface area contributed by atoms with Gasteiger partial charge in [0.2, 0.25) is 0 Å². The van der Waals surface area contributed by atoms with Gasteiger partial charge in [-0.1, -0.05) is 11.3 Å². The van der Waals surface area contributed by atoms with Crippen molar-refractivity contribution in [1.82, 2.24) is 4.98 Å². The van der Waals surface area contributed by atoms with E-state index in [1.165, 1.54) is 6.20 Å². The maximum absolute atomic E-state index is 11.6. The standard InChI is InChI=1S/C9H9N3O3S/c10-3-6-4-11-9(16-6)12-8(13)7-5-14-1-2-15-7/h4,7H,1-2,5H2,(H,11,12,13). The predicted octanol–water partition coefficient (Wildman–Crippen LogP) is 0.369. The topological polar surface area (TPSA) is 84.2 Å². The molecular formula is C9H9N3O3S. The highest BCUT2D eigenvalue weighted by Crippen LogP contribution is 2.17. The average Bonchev–Trinajstić information content (AvgIpc) is 2.78. The fourth-order valence-corrected chi connectivity index (χ4v) is 1.83. The van der Waals surface area contributed by atoms with Crippen LogP contribution in [0.3, 0.4) is 0 Å². The smallest absolute Gasteiger partial charge is 0.257 e. The minimum absolute atomic E-state index is 0.252. The molecule has 0 aliphatic carbocycles. The third-order valence-corrected chi connectivity index (χ3v) is 2.77. The van der Waals surface area contributed by atoms with Crippen molar-refractivity contribution in [2.45, 2.75) is 6.10 Å². The Bertz CT molecular complexity index is 420. The first-order chi connectivity index (χ1) is 7.79. The molecule has 7 heteroatoms. The molecule has 1 N–H and O–H groups in total. The molecule has 84 valence electrons. The number of nitrogens with zero attached hydrogens (tertiary/aromatic N) is 2. The summed E-state index contributed by atoms with van der Waals surface area (Å²) in [5, 5.41) is 11.6. The van der Waals surface area contributed by atoms with E-state index in [1.807, 2.05) is 6.07 Å². The molecule has 1 aromatic rings. The van der Waals surface area contributed by atoms with Crippen molar-refractivity contribution in [3.8, 4) is 6.07 Å². The van der Waals surface area contributed by atoms with Crippen LogP contribution >= 0.6 is 11.3 Å². The van der Waals surface area contributed by atoms with Crippen molar-refractivity contribution >= 4 is 22.4 Å². The summed E-state index contributed by atoms with van der Waals surface area (Å²) in [5.74, 6) is -0.293. The van der Waals surface area contributed by atoms with Crippen LogP contribution in [0, 0.1) is 11.3 Å². The van der Waals surface area contributed by atoms with Crippen molar-refractivity contribution in [2.75, 3.05) is 25.1 Å². The molecule has 1 aromatic heterocycles. The second-order valence-corrected chi connectivity index (χ2v) is 4.10. The van der Waals surface area contributed by atoms with Crippen LogP contribution in [0.25, 0.3) is 0 Å². The van der Waals surface area contributed by atoms with Gasteiger partial charge in [0.15, 0.2) is 11.2 Å². The summed E-state index contributed by atoms with van der Waals surface area (Å²) in [6.07, 6.45) is 0.821. The number of anilines is 1. The number of hydrogen-bond donors (Lipinski definition) is 1. The Hall–Kier alpha value is -1.49. The first kappa shape index (κ1) is 11.0. The van der Waals surface area contributed by atoms with E-state index < -0.39 is 6.10 Å². The van der Waals surface area contributed by atoms with E-state index in [0.717, 1.165) is 11.3 Å². The molecule has 16 heavy (non-hydrogen) atoms. The first-order valence-electron chi connectivity index (χ1n) is 4.66. The molecule has 1 saturated heterocycles. The summed E-state index contributed by atoms with van der Waals surface area (Å²) in [7, 11) is 0. The number of nitrogens with one attached hydrogen (secondary N) is 1. The molecule has 6 nitrogen and oxygen atoms in total. The Kier molecular flexibility index (Phi) is 3.46.